The van der Waals surface area contributed by atoms with Crippen molar-refractivity contribution >= 4 is 21.6 Å². The standard InChI is InChI=1S/C18H26FN3O6S/c1-29(26,27)20-11-15-18(25)17(24)14(28-15)10-16(23)22-8-6-21(7-9-22)13-4-2-12(19)3-5-13/h2-5,14-15,17-18,20,24-25H,6-11H2,1H3/t14-,15-,17-,18+/m0/s1. The molecule has 3 N–H and O–H groups in total. The Kier molecular flexibility index (Phi) is 6.74. The second kappa shape index (κ2) is 8.92. The molecular formula is C18H26FN3O6S. The van der Waals surface area contributed by atoms with Gasteiger partial charge < -0.3 is 24.7 Å². The second-order valence-corrected chi connectivity index (χ2v) is 9.20. The summed E-state index contributed by atoms with van der Waals surface area (Å²) < 4.78 is 43.2. The highest BCUT2D eigenvalue weighted by atomic mass is 32.2. The van der Waals surface area contributed by atoms with Gasteiger partial charge in [0.1, 0.15) is 24.1 Å². The molecule has 0 spiro atoms. The van der Waals surface area contributed by atoms with Crippen molar-refractivity contribution in [2.45, 2.75) is 30.8 Å². The number of amides is 1. The highest BCUT2D eigenvalue weighted by Gasteiger charge is 2.44. The predicted molar refractivity (Wildman–Crippen MR) is 103 cm³/mol. The first kappa shape index (κ1) is 21.9. The first-order valence-corrected chi connectivity index (χ1v) is 11.3. The molecule has 2 aliphatic rings. The van der Waals surface area contributed by atoms with Crippen LogP contribution in [0.4, 0.5) is 10.1 Å². The molecule has 11 heteroatoms. The molecule has 2 heterocycles. The van der Waals surface area contributed by atoms with Gasteiger partial charge in [-0.2, -0.15) is 0 Å². The normalized spacial score (nSPS) is 28.0. The summed E-state index contributed by atoms with van der Waals surface area (Å²) in [5, 5.41) is 20.2. The maximum Gasteiger partial charge on any atom is 0.225 e. The van der Waals surface area contributed by atoms with Gasteiger partial charge in [-0.15, -0.1) is 0 Å². The third-order valence-corrected chi connectivity index (χ3v) is 5.90. The Bertz CT molecular complexity index is 813. The number of aliphatic hydroxyl groups is 2. The van der Waals surface area contributed by atoms with Crippen LogP contribution >= 0.6 is 0 Å². The summed E-state index contributed by atoms with van der Waals surface area (Å²) in [6, 6.07) is 6.18. The van der Waals surface area contributed by atoms with Gasteiger partial charge >= 0.3 is 0 Å². The van der Waals surface area contributed by atoms with E-state index < -0.39 is 34.4 Å². The Labute approximate surface area is 169 Å². The number of hydrogen-bond acceptors (Lipinski definition) is 7. The highest BCUT2D eigenvalue weighted by molar-refractivity contribution is 7.88. The predicted octanol–water partition coefficient (Wildman–Crippen LogP) is -1.10. The maximum absolute atomic E-state index is 13.1. The molecule has 2 aliphatic heterocycles. The van der Waals surface area contributed by atoms with Gasteiger partial charge in [0.2, 0.25) is 15.9 Å². The van der Waals surface area contributed by atoms with Crippen molar-refractivity contribution in [3.8, 4) is 0 Å². The number of hydrogen-bond donors (Lipinski definition) is 3. The van der Waals surface area contributed by atoms with Gasteiger partial charge in [-0.25, -0.2) is 17.5 Å². The molecule has 2 saturated heterocycles. The largest absolute Gasteiger partial charge is 0.388 e. The SMILES string of the molecule is CS(=O)(=O)NC[C@@H]1O[C@@H](CC(=O)N2CCN(c3ccc(F)cc3)CC2)[C@H](O)[C@@H]1O. The summed E-state index contributed by atoms with van der Waals surface area (Å²) in [7, 11) is -3.46. The molecule has 2 fully saturated rings. The molecule has 0 aliphatic carbocycles. The zero-order chi connectivity index (χ0) is 21.2. The average Bonchev–Trinajstić information content (AvgIpc) is 2.94. The molecule has 0 bridgehead atoms. The summed E-state index contributed by atoms with van der Waals surface area (Å²) >= 11 is 0. The molecule has 0 unspecified atom stereocenters. The van der Waals surface area contributed by atoms with E-state index in [0.29, 0.717) is 26.2 Å². The molecule has 1 amide bonds. The number of carbonyl (C=O) groups is 1. The number of halogens is 1. The number of benzene rings is 1. The minimum absolute atomic E-state index is 0.107. The van der Waals surface area contributed by atoms with E-state index in [1.165, 1.54) is 12.1 Å². The zero-order valence-corrected chi connectivity index (χ0v) is 16.9. The van der Waals surface area contributed by atoms with Crippen LogP contribution in [0.1, 0.15) is 6.42 Å². The van der Waals surface area contributed by atoms with E-state index in [2.05, 4.69) is 9.62 Å². The van der Waals surface area contributed by atoms with Crippen LogP contribution in [0.5, 0.6) is 0 Å². The Morgan fingerprint density at radius 3 is 2.31 bits per heavy atom. The quantitative estimate of drug-likeness (QED) is 0.523. The fourth-order valence-electron chi connectivity index (χ4n) is 3.56. The summed E-state index contributed by atoms with van der Waals surface area (Å²) in [4.78, 5) is 16.3. The van der Waals surface area contributed by atoms with Crippen LogP contribution in [0.3, 0.4) is 0 Å². The van der Waals surface area contributed by atoms with E-state index in [9.17, 15) is 27.8 Å². The number of nitrogens with one attached hydrogen (secondary N) is 1. The lowest BCUT2D eigenvalue weighted by Crippen LogP contribution is -2.49. The number of anilines is 1. The topological polar surface area (TPSA) is 119 Å². The highest BCUT2D eigenvalue weighted by Crippen LogP contribution is 2.25. The van der Waals surface area contributed by atoms with E-state index in [-0.39, 0.29) is 24.7 Å². The number of nitrogens with zero attached hydrogens (tertiary/aromatic N) is 2. The van der Waals surface area contributed by atoms with Crippen molar-refractivity contribution in [3.63, 3.8) is 0 Å². The van der Waals surface area contributed by atoms with E-state index in [1.807, 2.05) is 0 Å². The lowest BCUT2D eigenvalue weighted by atomic mass is 10.0. The van der Waals surface area contributed by atoms with Crippen molar-refractivity contribution in [2.24, 2.45) is 0 Å². The van der Waals surface area contributed by atoms with Crippen LogP contribution in [0.15, 0.2) is 24.3 Å². The lowest BCUT2D eigenvalue weighted by molar-refractivity contribution is -0.135. The van der Waals surface area contributed by atoms with Crippen LogP contribution in [-0.2, 0) is 19.6 Å². The van der Waals surface area contributed by atoms with Crippen LogP contribution < -0.4 is 9.62 Å². The van der Waals surface area contributed by atoms with Crippen molar-refractivity contribution in [3.05, 3.63) is 30.1 Å². The molecule has 0 aromatic heterocycles. The number of rotatable bonds is 6. The van der Waals surface area contributed by atoms with Crippen molar-refractivity contribution in [2.75, 3.05) is 43.9 Å². The fourth-order valence-corrected chi connectivity index (χ4v) is 4.03. The van der Waals surface area contributed by atoms with Crippen molar-refractivity contribution in [1.29, 1.82) is 0 Å². The first-order valence-electron chi connectivity index (χ1n) is 9.38. The maximum atomic E-state index is 13.1. The van der Waals surface area contributed by atoms with Crippen LogP contribution in [-0.4, -0.2) is 92.8 Å². The monoisotopic (exact) mass is 431 g/mol. The van der Waals surface area contributed by atoms with Crippen molar-refractivity contribution < 1.29 is 32.6 Å². The van der Waals surface area contributed by atoms with E-state index in [1.54, 1.807) is 17.0 Å². The van der Waals surface area contributed by atoms with Crippen LogP contribution in [0, 0.1) is 5.82 Å². The van der Waals surface area contributed by atoms with Gasteiger partial charge in [0.15, 0.2) is 0 Å². The smallest absolute Gasteiger partial charge is 0.225 e. The first-order chi connectivity index (χ1) is 13.6. The molecular weight excluding hydrogens is 405 g/mol. The molecule has 1 aromatic carbocycles. The van der Waals surface area contributed by atoms with E-state index in [4.69, 9.17) is 4.74 Å². The third-order valence-electron chi connectivity index (χ3n) is 5.21. The summed E-state index contributed by atoms with van der Waals surface area (Å²) in [6.45, 7) is 1.95. The molecule has 3 rings (SSSR count). The summed E-state index contributed by atoms with van der Waals surface area (Å²) in [6.07, 6.45) is -3.50. The Balaban J connectivity index is 1.49. The summed E-state index contributed by atoms with van der Waals surface area (Å²) in [5.74, 6) is -0.512. The molecule has 29 heavy (non-hydrogen) atoms. The van der Waals surface area contributed by atoms with Crippen LogP contribution in [0.2, 0.25) is 0 Å². The van der Waals surface area contributed by atoms with Gasteiger partial charge in [0.05, 0.1) is 18.8 Å². The lowest BCUT2D eigenvalue weighted by Gasteiger charge is -2.36. The fraction of sp³-hybridized carbons (Fsp3) is 0.611. The molecule has 1 aromatic rings. The average molecular weight is 431 g/mol. The van der Waals surface area contributed by atoms with E-state index >= 15 is 0 Å². The Morgan fingerprint density at radius 2 is 1.72 bits per heavy atom. The zero-order valence-electron chi connectivity index (χ0n) is 16.1. The van der Waals surface area contributed by atoms with Crippen molar-refractivity contribution in [1.82, 2.24) is 9.62 Å². The third kappa shape index (κ3) is 5.64. The number of piperazine rings is 1. The summed E-state index contributed by atoms with van der Waals surface area (Å²) in [5.41, 5.74) is 0.886. The number of aliphatic hydroxyl groups excluding tert-OH is 2. The van der Waals surface area contributed by atoms with Crippen LogP contribution in [0.25, 0.3) is 0 Å². The van der Waals surface area contributed by atoms with Gasteiger partial charge in [0.25, 0.3) is 0 Å². The molecule has 9 nitrogen and oxygen atoms in total. The second-order valence-electron chi connectivity index (χ2n) is 7.36. The number of sulfonamides is 1. The minimum Gasteiger partial charge on any atom is -0.388 e. The molecule has 162 valence electrons. The number of carbonyl (C=O) groups excluding carboxylic acids is 1. The Hall–Kier alpha value is -1.79. The van der Waals surface area contributed by atoms with Gasteiger partial charge in [-0.1, -0.05) is 0 Å². The van der Waals surface area contributed by atoms with Gasteiger partial charge in [-0.05, 0) is 24.3 Å². The molecule has 4 atom stereocenters. The molecule has 0 saturated carbocycles. The van der Waals surface area contributed by atoms with Gasteiger partial charge in [0, 0.05) is 38.4 Å². The van der Waals surface area contributed by atoms with Gasteiger partial charge in [-0.3, -0.25) is 4.79 Å². The molecule has 0 radical (unpaired) electrons. The Morgan fingerprint density at radius 1 is 1.14 bits per heavy atom. The van der Waals surface area contributed by atoms with E-state index in [0.717, 1.165) is 11.9 Å². The number of ether oxygens (including phenoxy) is 1. The minimum atomic E-state index is -3.46.